The molecule has 0 bridgehead atoms. The van der Waals surface area contributed by atoms with Crippen LogP contribution in [-0.2, 0) is 12.0 Å². The monoisotopic (exact) mass is 209 g/mol. The maximum absolute atomic E-state index is 5.33. The average Bonchev–Trinajstić information content (AvgIpc) is 2.84. The van der Waals surface area contributed by atoms with Gasteiger partial charge in [0.2, 0.25) is 5.89 Å². The third kappa shape index (κ3) is 2.20. The van der Waals surface area contributed by atoms with Gasteiger partial charge in [0.25, 0.3) is 0 Å². The van der Waals surface area contributed by atoms with Crippen LogP contribution in [0.1, 0.15) is 51.2 Å². The first kappa shape index (κ1) is 10.6. The minimum atomic E-state index is -0.0858. The van der Waals surface area contributed by atoms with Crippen LogP contribution in [0.5, 0.6) is 0 Å². The summed E-state index contributed by atoms with van der Waals surface area (Å²) in [7, 11) is 0. The van der Waals surface area contributed by atoms with Gasteiger partial charge in [-0.3, -0.25) is 0 Å². The molecule has 0 amide bonds. The van der Waals surface area contributed by atoms with E-state index in [1.807, 2.05) is 0 Å². The second kappa shape index (κ2) is 4.31. The molecule has 15 heavy (non-hydrogen) atoms. The van der Waals surface area contributed by atoms with E-state index < -0.39 is 0 Å². The maximum atomic E-state index is 5.33. The molecule has 0 spiro atoms. The van der Waals surface area contributed by atoms with Gasteiger partial charge in [0.15, 0.2) is 5.82 Å². The van der Waals surface area contributed by atoms with Crippen LogP contribution in [0, 0.1) is 0 Å². The molecule has 1 aromatic heterocycles. The number of rotatable bonds is 4. The standard InChI is InChI=1S/C11H19N3O/c1-3-4-6-9-13-10(15-14-9)11(2)7-5-8-12-11/h12H,3-8H2,1-2H3. The maximum Gasteiger partial charge on any atom is 0.246 e. The number of aryl methyl sites for hydroxylation is 1. The molecule has 1 aliphatic rings. The molecule has 1 saturated heterocycles. The van der Waals surface area contributed by atoms with Gasteiger partial charge in [0.1, 0.15) is 0 Å². The molecule has 4 nitrogen and oxygen atoms in total. The molecule has 0 radical (unpaired) electrons. The third-order valence-corrected chi connectivity index (χ3v) is 3.06. The summed E-state index contributed by atoms with van der Waals surface area (Å²) in [5, 5.41) is 7.44. The normalized spacial score (nSPS) is 26.0. The Morgan fingerprint density at radius 2 is 2.40 bits per heavy atom. The van der Waals surface area contributed by atoms with Crippen LogP contribution in [0.4, 0.5) is 0 Å². The van der Waals surface area contributed by atoms with Gasteiger partial charge < -0.3 is 9.84 Å². The summed E-state index contributed by atoms with van der Waals surface area (Å²) in [5.41, 5.74) is -0.0858. The van der Waals surface area contributed by atoms with Crippen LogP contribution < -0.4 is 5.32 Å². The van der Waals surface area contributed by atoms with E-state index in [0.29, 0.717) is 0 Å². The van der Waals surface area contributed by atoms with Gasteiger partial charge in [-0.05, 0) is 32.7 Å². The lowest BCUT2D eigenvalue weighted by molar-refractivity contribution is 0.274. The second-order valence-electron chi connectivity index (χ2n) is 4.48. The first-order valence-corrected chi connectivity index (χ1v) is 5.83. The second-order valence-corrected chi connectivity index (χ2v) is 4.48. The Morgan fingerprint density at radius 3 is 3.07 bits per heavy atom. The van der Waals surface area contributed by atoms with Gasteiger partial charge in [-0.2, -0.15) is 4.98 Å². The highest BCUT2D eigenvalue weighted by atomic mass is 16.5. The van der Waals surface area contributed by atoms with E-state index in [-0.39, 0.29) is 5.54 Å². The fourth-order valence-corrected chi connectivity index (χ4v) is 1.99. The van der Waals surface area contributed by atoms with Crippen LogP contribution >= 0.6 is 0 Å². The lowest BCUT2D eigenvalue weighted by Crippen LogP contribution is -2.33. The summed E-state index contributed by atoms with van der Waals surface area (Å²) < 4.78 is 5.33. The zero-order valence-electron chi connectivity index (χ0n) is 9.55. The Morgan fingerprint density at radius 1 is 1.53 bits per heavy atom. The van der Waals surface area contributed by atoms with Crippen molar-refractivity contribution < 1.29 is 4.52 Å². The summed E-state index contributed by atoms with van der Waals surface area (Å²) in [6.07, 6.45) is 5.49. The molecule has 1 aromatic rings. The highest BCUT2D eigenvalue weighted by molar-refractivity contribution is 5.04. The number of aromatic nitrogens is 2. The molecule has 1 aliphatic heterocycles. The van der Waals surface area contributed by atoms with Gasteiger partial charge in [0.05, 0.1) is 5.54 Å². The summed E-state index contributed by atoms with van der Waals surface area (Å²) in [6.45, 7) is 5.35. The SMILES string of the molecule is CCCCc1noc(C2(C)CCCN2)n1. The van der Waals surface area contributed by atoms with Crippen molar-refractivity contribution in [2.45, 2.75) is 51.5 Å². The number of hydrogen-bond donors (Lipinski definition) is 1. The molecule has 1 fully saturated rings. The molecule has 1 N–H and O–H groups in total. The van der Waals surface area contributed by atoms with E-state index in [2.05, 4.69) is 29.3 Å². The van der Waals surface area contributed by atoms with Crippen LogP contribution in [0.15, 0.2) is 4.52 Å². The van der Waals surface area contributed by atoms with Crippen LogP contribution in [-0.4, -0.2) is 16.7 Å². The van der Waals surface area contributed by atoms with Crippen molar-refractivity contribution >= 4 is 0 Å². The van der Waals surface area contributed by atoms with Crippen molar-refractivity contribution in [1.29, 1.82) is 0 Å². The smallest absolute Gasteiger partial charge is 0.246 e. The first-order valence-electron chi connectivity index (χ1n) is 5.83. The third-order valence-electron chi connectivity index (χ3n) is 3.06. The molecule has 1 unspecified atom stereocenters. The molecular formula is C11H19N3O. The van der Waals surface area contributed by atoms with E-state index in [4.69, 9.17) is 4.52 Å². The van der Waals surface area contributed by atoms with Crippen molar-refractivity contribution in [3.8, 4) is 0 Å². The average molecular weight is 209 g/mol. The highest BCUT2D eigenvalue weighted by Gasteiger charge is 2.35. The number of unbranched alkanes of at least 4 members (excludes halogenated alkanes) is 1. The molecule has 0 saturated carbocycles. The van der Waals surface area contributed by atoms with Crippen molar-refractivity contribution in [2.24, 2.45) is 0 Å². The molecule has 0 aliphatic carbocycles. The molecule has 0 aromatic carbocycles. The summed E-state index contributed by atoms with van der Waals surface area (Å²) in [4.78, 5) is 4.46. The molecular weight excluding hydrogens is 190 g/mol. The van der Waals surface area contributed by atoms with Crippen LogP contribution in [0.2, 0.25) is 0 Å². The minimum Gasteiger partial charge on any atom is -0.337 e. The fraction of sp³-hybridized carbons (Fsp3) is 0.818. The lowest BCUT2D eigenvalue weighted by Gasteiger charge is -2.18. The predicted octanol–water partition coefficient (Wildman–Crippen LogP) is 2.01. The van der Waals surface area contributed by atoms with Crippen LogP contribution in [0.3, 0.4) is 0 Å². The van der Waals surface area contributed by atoms with Gasteiger partial charge in [0, 0.05) is 6.42 Å². The zero-order chi connectivity index (χ0) is 10.7. The lowest BCUT2D eigenvalue weighted by atomic mass is 10.0. The van der Waals surface area contributed by atoms with E-state index in [0.717, 1.165) is 37.5 Å². The van der Waals surface area contributed by atoms with E-state index in [9.17, 15) is 0 Å². The topological polar surface area (TPSA) is 51.0 Å². The Bertz CT molecular complexity index is 315. The van der Waals surface area contributed by atoms with Gasteiger partial charge in [-0.15, -0.1) is 0 Å². The molecule has 2 heterocycles. The first-order chi connectivity index (χ1) is 7.24. The Kier molecular flexibility index (Phi) is 3.05. The largest absolute Gasteiger partial charge is 0.337 e. The number of hydrogen-bond acceptors (Lipinski definition) is 4. The van der Waals surface area contributed by atoms with Crippen molar-refractivity contribution in [3.05, 3.63) is 11.7 Å². The number of nitrogens with zero attached hydrogens (tertiary/aromatic N) is 2. The quantitative estimate of drug-likeness (QED) is 0.824. The van der Waals surface area contributed by atoms with Crippen molar-refractivity contribution in [3.63, 3.8) is 0 Å². The Hall–Kier alpha value is -0.900. The molecule has 1 atom stereocenters. The Labute approximate surface area is 90.4 Å². The van der Waals surface area contributed by atoms with E-state index in [1.54, 1.807) is 0 Å². The van der Waals surface area contributed by atoms with Crippen molar-refractivity contribution in [2.75, 3.05) is 6.54 Å². The van der Waals surface area contributed by atoms with E-state index >= 15 is 0 Å². The number of nitrogens with one attached hydrogen (secondary N) is 1. The van der Waals surface area contributed by atoms with Crippen molar-refractivity contribution in [1.82, 2.24) is 15.5 Å². The summed E-state index contributed by atoms with van der Waals surface area (Å²) in [5.74, 6) is 1.60. The molecule has 84 valence electrons. The predicted molar refractivity (Wildman–Crippen MR) is 57.5 cm³/mol. The summed E-state index contributed by atoms with van der Waals surface area (Å²) >= 11 is 0. The van der Waals surface area contributed by atoms with E-state index in [1.165, 1.54) is 12.8 Å². The van der Waals surface area contributed by atoms with Gasteiger partial charge in [-0.25, -0.2) is 0 Å². The van der Waals surface area contributed by atoms with Crippen LogP contribution in [0.25, 0.3) is 0 Å². The van der Waals surface area contributed by atoms with Gasteiger partial charge >= 0.3 is 0 Å². The zero-order valence-corrected chi connectivity index (χ0v) is 9.55. The Balaban J connectivity index is 2.05. The molecule has 4 heteroatoms. The highest BCUT2D eigenvalue weighted by Crippen LogP contribution is 2.28. The molecule has 2 rings (SSSR count). The fourth-order valence-electron chi connectivity index (χ4n) is 1.99. The summed E-state index contributed by atoms with van der Waals surface area (Å²) in [6, 6.07) is 0. The minimum absolute atomic E-state index is 0.0858. The van der Waals surface area contributed by atoms with Gasteiger partial charge in [-0.1, -0.05) is 18.5 Å².